The number of amides is 1. The van der Waals surface area contributed by atoms with Crippen molar-refractivity contribution in [3.63, 3.8) is 0 Å². The van der Waals surface area contributed by atoms with E-state index >= 15 is 0 Å². The maximum absolute atomic E-state index is 12.3. The van der Waals surface area contributed by atoms with Crippen molar-refractivity contribution < 1.29 is 13.2 Å². The van der Waals surface area contributed by atoms with Crippen molar-refractivity contribution in [2.24, 2.45) is 0 Å². The Kier molecular flexibility index (Phi) is 4.65. The van der Waals surface area contributed by atoms with Crippen LogP contribution in [0.1, 0.15) is 19.8 Å². The van der Waals surface area contributed by atoms with Gasteiger partial charge in [0.1, 0.15) is 0 Å². The van der Waals surface area contributed by atoms with E-state index in [0.29, 0.717) is 6.42 Å². The molecule has 1 aromatic rings. The maximum Gasteiger partial charge on any atom is 0.227 e. The SMILES string of the molecule is CCCC(=O)N(c1ccc(Br)cc1)[C@H]1C=CS(=O)(=O)C1. The van der Waals surface area contributed by atoms with E-state index in [9.17, 15) is 13.2 Å². The van der Waals surface area contributed by atoms with Crippen molar-refractivity contribution in [3.8, 4) is 0 Å². The molecule has 1 aliphatic heterocycles. The van der Waals surface area contributed by atoms with Crippen molar-refractivity contribution in [1.29, 1.82) is 0 Å². The smallest absolute Gasteiger partial charge is 0.227 e. The van der Waals surface area contributed by atoms with Crippen LogP contribution >= 0.6 is 15.9 Å². The van der Waals surface area contributed by atoms with Gasteiger partial charge >= 0.3 is 0 Å². The minimum absolute atomic E-state index is 0.0431. The highest BCUT2D eigenvalue weighted by molar-refractivity contribution is 9.10. The van der Waals surface area contributed by atoms with E-state index in [4.69, 9.17) is 0 Å². The number of rotatable bonds is 4. The number of nitrogens with zero attached hydrogens (tertiary/aromatic N) is 1. The van der Waals surface area contributed by atoms with E-state index in [1.165, 1.54) is 5.41 Å². The minimum atomic E-state index is -3.19. The molecule has 0 unspecified atom stereocenters. The lowest BCUT2D eigenvalue weighted by Crippen LogP contribution is -2.41. The Hall–Kier alpha value is -1.14. The number of halogens is 1. The second-order valence-electron chi connectivity index (χ2n) is 4.72. The van der Waals surface area contributed by atoms with Crippen molar-refractivity contribution in [3.05, 3.63) is 40.2 Å². The fraction of sp³-hybridized carbons (Fsp3) is 0.357. The third-order valence-electron chi connectivity index (χ3n) is 3.08. The van der Waals surface area contributed by atoms with Crippen LogP contribution in [0, 0.1) is 0 Å². The van der Waals surface area contributed by atoms with E-state index in [0.717, 1.165) is 16.6 Å². The molecule has 1 amide bonds. The van der Waals surface area contributed by atoms with Gasteiger partial charge in [0.25, 0.3) is 0 Å². The van der Waals surface area contributed by atoms with Crippen LogP contribution < -0.4 is 4.90 Å². The average molecular weight is 358 g/mol. The number of hydrogen-bond donors (Lipinski definition) is 0. The van der Waals surface area contributed by atoms with Gasteiger partial charge < -0.3 is 4.90 Å². The summed E-state index contributed by atoms with van der Waals surface area (Å²) in [5.74, 6) is -0.0972. The summed E-state index contributed by atoms with van der Waals surface area (Å²) in [6.07, 6.45) is 2.72. The molecular formula is C14H16BrNO3S. The van der Waals surface area contributed by atoms with Crippen LogP contribution in [0.4, 0.5) is 5.69 Å². The van der Waals surface area contributed by atoms with Gasteiger partial charge in [0.15, 0.2) is 9.84 Å². The largest absolute Gasteiger partial charge is 0.304 e. The quantitative estimate of drug-likeness (QED) is 0.832. The molecule has 2 rings (SSSR count). The lowest BCUT2D eigenvalue weighted by molar-refractivity contribution is -0.118. The fourth-order valence-corrected chi connectivity index (χ4v) is 3.71. The molecule has 0 saturated carbocycles. The summed E-state index contributed by atoms with van der Waals surface area (Å²) >= 11 is 3.35. The Morgan fingerprint density at radius 1 is 1.35 bits per heavy atom. The first-order chi connectivity index (χ1) is 9.43. The maximum atomic E-state index is 12.3. The molecule has 0 bridgehead atoms. The highest BCUT2D eigenvalue weighted by Gasteiger charge is 2.30. The monoisotopic (exact) mass is 357 g/mol. The van der Waals surface area contributed by atoms with Gasteiger partial charge in [-0.15, -0.1) is 0 Å². The molecule has 0 N–H and O–H groups in total. The van der Waals surface area contributed by atoms with Gasteiger partial charge in [-0.1, -0.05) is 22.9 Å². The second kappa shape index (κ2) is 6.10. The van der Waals surface area contributed by atoms with Crippen LogP contribution in [0.5, 0.6) is 0 Å². The predicted molar refractivity (Wildman–Crippen MR) is 83.3 cm³/mol. The Labute approximate surface area is 127 Å². The number of hydrogen-bond acceptors (Lipinski definition) is 3. The van der Waals surface area contributed by atoms with Gasteiger partial charge in [-0.2, -0.15) is 0 Å². The number of sulfone groups is 1. The summed E-state index contributed by atoms with van der Waals surface area (Å²) in [5, 5.41) is 1.20. The first kappa shape index (κ1) is 15.3. The molecular weight excluding hydrogens is 342 g/mol. The minimum Gasteiger partial charge on any atom is -0.304 e. The van der Waals surface area contributed by atoms with Crippen LogP contribution in [0.2, 0.25) is 0 Å². The predicted octanol–water partition coefficient (Wildman–Crippen LogP) is 2.89. The fourth-order valence-electron chi connectivity index (χ4n) is 2.18. The summed E-state index contributed by atoms with van der Waals surface area (Å²) in [5.41, 5.74) is 0.721. The van der Waals surface area contributed by atoms with Gasteiger partial charge in [-0.25, -0.2) is 8.42 Å². The molecule has 0 spiro atoms. The Bertz CT molecular complexity index is 622. The summed E-state index contributed by atoms with van der Waals surface area (Å²) in [6.45, 7) is 1.93. The van der Waals surface area contributed by atoms with Crippen LogP contribution in [0.25, 0.3) is 0 Å². The number of anilines is 1. The van der Waals surface area contributed by atoms with E-state index in [-0.39, 0.29) is 11.7 Å². The van der Waals surface area contributed by atoms with Crippen molar-refractivity contribution in [2.45, 2.75) is 25.8 Å². The third kappa shape index (κ3) is 3.49. The van der Waals surface area contributed by atoms with Crippen LogP contribution in [0.15, 0.2) is 40.2 Å². The van der Waals surface area contributed by atoms with E-state index in [1.807, 2.05) is 31.2 Å². The Morgan fingerprint density at radius 2 is 2.00 bits per heavy atom. The molecule has 108 valence electrons. The molecule has 20 heavy (non-hydrogen) atoms. The second-order valence-corrected chi connectivity index (χ2v) is 7.56. The zero-order valence-corrected chi connectivity index (χ0v) is 13.5. The standard InChI is InChI=1S/C14H16BrNO3S/c1-2-3-14(17)16(12-6-4-11(15)5-7-12)13-8-9-20(18,19)10-13/h4-9,13H,2-3,10H2,1H3/t13-/m0/s1. The van der Waals surface area contributed by atoms with Gasteiger partial charge in [0.05, 0.1) is 11.8 Å². The number of carbonyl (C=O) groups excluding carboxylic acids is 1. The van der Waals surface area contributed by atoms with Crippen LogP contribution in [-0.2, 0) is 14.6 Å². The molecule has 4 nitrogen and oxygen atoms in total. The van der Waals surface area contributed by atoms with Gasteiger partial charge in [-0.05, 0) is 36.8 Å². The first-order valence-corrected chi connectivity index (χ1v) is 8.92. The zero-order chi connectivity index (χ0) is 14.8. The number of benzene rings is 1. The van der Waals surface area contributed by atoms with E-state index in [2.05, 4.69) is 15.9 Å². The first-order valence-electron chi connectivity index (χ1n) is 6.41. The molecule has 1 aromatic carbocycles. The molecule has 1 atom stereocenters. The Morgan fingerprint density at radius 3 is 2.50 bits per heavy atom. The lowest BCUT2D eigenvalue weighted by atomic mass is 10.2. The molecule has 0 fully saturated rings. The van der Waals surface area contributed by atoms with Gasteiger partial charge in [0.2, 0.25) is 5.91 Å². The van der Waals surface area contributed by atoms with Gasteiger partial charge in [0, 0.05) is 22.0 Å². The highest BCUT2D eigenvalue weighted by atomic mass is 79.9. The molecule has 1 aliphatic rings. The lowest BCUT2D eigenvalue weighted by Gasteiger charge is -2.27. The molecule has 0 radical (unpaired) electrons. The van der Waals surface area contributed by atoms with Crippen LogP contribution in [0.3, 0.4) is 0 Å². The van der Waals surface area contributed by atoms with Gasteiger partial charge in [-0.3, -0.25) is 4.79 Å². The topological polar surface area (TPSA) is 54.5 Å². The van der Waals surface area contributed by atoms with Crippen molar-refractivity contribution in [2.75, 3.05) is 10.7 Å². The van der Waals surface area contributed by atoms with Crippen molar-refractivity contribution >= 4 is 37.4 Å². The van der Waals surface area contributed by atoms with Crippen molar-refractivity contribution in [1.82, 2.24) is 0 Å². The van der Waals surface area contributed by atoms with Crippen LogP contribution in [-0.4, -0.2) is 26.1 Å². The third-order valence-corrected chi connectivity index (χ3v) is 4.99. The normalized spacial score (nSPS) is 20.0. The molecule has 6 heteroatoms. The summed E-state index contributed by atoms with van der Waals surface area (Å²) in [7, 11) is -3.19. The van der Waals surface area contributed by atoms with E-state index in [1.54, 1.807) is 11.0 Å². The summed E-state index contributed by atoms with van der Waals surface area (Å²) in [4.78, 5) is 13.9. The molecule has 1 heterocycles. The zero-order valence-electron chi connectivity index (χ0n) is 11.1. The molecule has 0 saturated heterocycles. The highest BCUT2D eigenvalue weighted by Crippen LogP contribution is 2.25. The summed E-state index contributed by atoms with van der Waals surface area (Å²) < 4.78 is 24.1. The molecule has 0 aliphatic carbocycles. The Balaban J connectivity index is 2.33. The van der Waals surface area contributed by atoms with E-state index < -0.39 is 15.9 Å². The average Bonchev–Trinajstić information content (AvgIpc) is 2.73. The summed E-state index contributed by atoms with van der Waals surface area (Å²) in [6, 6.07) is 6.90. The number of carbonyl (C=O) groups is 1. The molecule has 0 aromatic heterocycles.